The topological polar surface area (TPSA) is 38.7 Å². The molecule has 8 aromatic rings. The third-order valence-electron chi connectivity index (χ3n) is 13.3. The van der Waals surface area contributed by atoms with Crippen LogP contribution in [-0.4, -0.2) is 23.7 Å². The van der Waals surface area contributed by atoms with E-state index in [2.05, 4.69) is 203 Å². The van der Waals surface area contributed by atoms with E-state index in [1.807, 2.05) is 0 Å². The van der Waals surface area contributed by atoms with Crippen LogP contribution in [0, 0.1) is 3.57 Å². The van der Waals surface area contributed by atoms with E-state index in [1.165, 1.54) is 50.5 Å². The standard InChI is InChI=1S/C48H36IN6/c1-47-35-23-11-15-27-39(35)54-42-30-32-18-10-9-17-31(32)29-41(42)52(33-19-5-3-6-20-33)45(54)48(47,2)49(47)36-24-12-16-28-40(36)55-44-43(50-37-25-13-14-26-38(37)51-44)53(46(49)55)34-21-7-4-8-22-34/h3-30,45-46H,1-2H3/q-1. The van der Waals surface area contributed by atoms with Gasteiger partial charge in [-0.05, 0) is 0 Å². The molecule has 5 aliphatic heterocycles. The molecule has 6 nitrogen and oxygen atoms in total. The Hall–Kier alpha value is -5.93. The van der Waals surface area contributed by atoms with Crippen molar-refractivity contribution < 1.29 is 18.4 Å². The molecule has 5 unspecified atom stereocenters. The van der Waals surface area contributed by atoms with Gasteiger partial charge in [0.15, 0.2) is 0 Å². The molecular formula is C48H36IN6-. The van der Waals surface area contributed by atoms with Crippen molar-refractivity contribution in [3.63, 3.8) is 0 Å². The molecule has 7 heteroatoms. The molecule has 7 aromatic carbocycles. The second-order valence-electron chi connectivity index (χ2n) is 15.5. The van der Waals surface area contributed by atoms with Crippen LogP contribution in [0.5, 0.6) is 0 Å². The van der Waals surface area contributed by atoms with Crippen molar-refractivity contribution >= 4 is 67.6 Å². The van der Waals surface area contributed by atoms with Crippen LogP contribution in [0.3, 0.4) is 0 Å². The van der Waals surface area contributed by atoms with Crippen LogP contribution in [0.2, 0.25) is 0 Å². The first-order valence-electron chi connectivity index (χ1n) is 19.1. The number of rotatable bonds is 2. The van der Waals surface area contributed by atoms with Gasteiger partial charge in [-0.2, -0.15) is 0 Å². The normalized spacial score (nSPS) is 27.2. The summed E-state index contributed by atoms with van der Waals surface area (Å²) in [6.45, 7) is 5.31. The molecule has 0 saturated carbocycles. The van der Waals surface area contributed by atoms with Crippen molar-refractivity contribution in [2.45, 2.75) is 31.0 Å². The predicted octanol–water partition coefficient (Wildman–Crippen LogP) is 8.02. The van der Waals surface area contributed by atoms with E-state index >= 15 is 0 Å². The number of para-hydroxylation sites is 6. The summed E-state index contributed by atoms with van der Waals surface area (Å²) in [6.07, 6.45) is 0.0346. The first-order valence-corrected chi connectivity index (χ1v) is 23.6. The number of halogens is 1. The quantitative estimate of drug-likeness (QED) is 0.100. The maximum atomic E-state index is 5.50. The van der Waals surface area contributed by atoms with Crippen LogP contribution in [0.1, 0.15) is 19.4 Å². The minimum absolute atomic E-state index is 0.0346. The van der Waals surface area contributed by atoms with Gasteiger partial charge in [0.25, 0.3) is 0 Å². The van der Waals surface area contributed by atoms with Crippen LogP contribution in [0.4, 0.5) is 45.8 Å². The van der Waals surface area contributed by atoms with E-state index in [0.29, 0.717) is 0 Å². The third-order valence-corrected chi connectivity index (χ3v) is 28.6. The summed E-state index contributed by atoms with van der Waals surface area (Å²) in [6, 6.07) is 62.9. The van der Waals surface area contributed by atoms with Crippen molar-refractivity contribution in [2.24, 2.45) is 0 Å². The second kappa shape index (κ2) is 10.2. The van der Waals surface area contributed by atoms with Gasteiger partial charge in [0, 0.05) is 0 Å². The van der Waals surface area contributed by atoms with Gasteiger partial charge in [0.1, 0.15) is 0 Å². The average molecular weight is 824 g/mol. The molecule has 5 aliphatic rings. The summed E-state index contributed by atoms with van der Waals surface area (Å²) in [5.74, 6) is 1.91. The summed E-state index contributed by atoms with van der Waals surface area (Å²) >= 11 is -3.54. The molecule has 13 rings (SSSR count). The van der Waals surface area contributed by atoms with Gasteiger partial charge in [-0.15, -0.1) is 0 Å². The molecular weight excluding hydrogens is 787 g/mol. The van der Waals surface area contributed by atoms with Gasteiger partial charge in [0.2, 0.25) is 0 Å². The Morgan fingerprint density at radius 1 is 0.473 bits per heavy atom. The van der Waals surface area contributed by atoms with Gasteiger partial charge in [0.05, 0.1) is 0 Å². The molecule has 0 bridgehead atoms. The van der Waals surface area contributed by atoms with Crippen molar-refractivity contribution in [3.8, 4) is 0 Å². The fourth-order valence-corrected chi connectivity index (χ4v) is 30.1. The van der Waals surface area contributed by atoms with Crippen LogP contribution < -0.4 is 38.0 Å². The molecule has 1 saturated heterocycles. The van der Waals surface area contributed by atoms with Crippen molar-refractivity contribution in [2.75, 3.05) is 19.6 Å². The zero-order chi connectivity index (χ0) is 36.3. The number of alkyl halides is 3. The molecule has 266 valence electrons. The Bertz CT molecular complexity index is 2900. The van der Waals surface area contributed by atoms with Gasteiger partial charge in [-0.1, -0.05) is 0 Å². The molecule has 1 aromatic heterocycles. The van der Waals surface area contributed by atoms with Crippen molar-refractivity contribution in [1.29, 1.82) is 0 Å². The Labute approximate surface area is 323 Å². The Balaban J connectivity index is 1.15. The van der Waals surface area contributed by atoms with E-state index in [9.17, 15) is 0 Å². The molecule has 0 N–H and O–H groups in total. The minimum atomic E-state index is -3.54. The molecule has 0 amide bonds. The van der Waals surface area contributed by atoms with E-state index in [0.717, 1.165) is 22.7 Å². The second-order valence-corrected chi connectivity index (χ2v) is 25.7. The fourth-order valence-electron chi connectivity index (χ4n) is 11.0. The van der Waals surface area contributed by atoms with Crippen LogP contribution in [-0.2, 0) is 3.42 Å². The molecule has 1 fully saturated rings. The molecule has 0 radical (unpaired) electrons. The van der Waals surface area contributed by atoms with Crippen molar-refractivity contribution in [3.05, 3.63) is 179 Å². The summed E-state index contributed by atoms with van der Waals surface area (Å²) in [4.78, 5) is 21.7. The molecule has 1 spiro atoms. The van der Waals surface area contributed by atoms with E-state index in [-0.39, 0.29) is 17.2 Å². The van der Waals surface area contributed by atoms with E-state index in [4.69, 9.17) is 9.97 Å². The van der Waals surface area contributed by atoms with Crippen LogP contribution in [0.15, 0.2) is 170 Å². The SMILES string of the molecule is CC12c3ccccc3N3c4cc5ccccc5cc4N(c4ccccc4)C3C1(C)[I-]21c2ccccc2N2c3nc4ccccc4nc3N(c3ccccc3)C21. The summed E-state index contributed by atoms with van der Waals surface area (Å²) in [5.41, 5.74) is 10.9. The summed E-state index contributed by atoms with van der Waals surface area (Å²) in [5, 5.41) is 2.53. The van der Waals surface area contributed by atoms with E-state index < -0.39 is 18.4 Å². The number of aromatic nitrogens is 2. The average Bonchev–Trinajstić information content (AvgIpc) is 3.59. The van der Waals surface area contributed by atoms with Gasteiger partial charge >= 0.3 is 326 Å². The number of nitrogens with zero attached hydrogens (tertiary/aromatic N) is 6. The Morgan fingerprint density at radius 3 is 1.65 bits per heavy atom. The zero-order valence-corrected chi connectivity index (χ0v) is 32.5. The number of hydrogen-bond acceptors (Lipinski definition) is 6. The number of benzene rings is 7. The maximum absolute atomic E-state index is 5.50. The molecule has 55 heavy (non-hydrogen) atoms. The van der Waals surface area contributed by atoms with Gasteiger partial charge in [-0.3, -0.25) is 0 Å². The number of anilines is 8. The monoisotopic (exact) mass is 823 g/mol. The van der Waals surface area contributed by atoms with Crippen molar-refractivity contribution in [1.82, 2.24) is 9.97 Å². The molecule has 5 atom stereocenters. The number of fused-ring (bicyclic) bond motifs is 19. The summed E-state index contributed by atoms with van der Waals surface area (Å²) in [7, 11) is 0. The van der Waals surface area contributed by atoms with Crippen LogP contribution in [0.25, 0.3) is 21.8 Å². The first kappa shape index (κ1) is 30.4. The van der Waals surface area contributed by atoms with Gasteiger partial charge in [-0.25, -0.2) is 0 Å². The number of hydrogen-bond donors (Lipinski definition) is 0. The predicted molar refractivity (Wildman–Crippen MR) is 220 cm³/mol. The Morgan fingerprint density at radius 2 is 0.982 bits per heavy atom. The Kier molecular flexibility index (Phi) is 5.65. The first-order chi connectivity index (χ1) is 27.1. The fraction of sp³-hybridized carbons (Fsp3) is 0.125. The molecule has 0 aliphatic carbocycles. The van der Waals surface area contributed by atoms with Gasteiger partial charge < -0.3 is 0 Å². The zero-order valence-electron chi connectivity index (χ0n) is 30.4. The van der Waals surface area contributed by atoms with E-state index in [1.54, 1.807) is 3.57 Å². The third kappa shape index (κ3) is 3.33. The summed E-state index contributed by atoms with van der Waals surface area (Å²) < 4.78 is 1.31. The van der Waals surface area contributed by atoms with Crippen LogP contribution >= 0.6 is 0 Å². The molecule has 6 heterocycles.